The summed E-state index contributed by atoms with van der Waals surface area (Å²) in [5, 5.41) is 9.40. The molecule has 13 heavy (non-hydrogen) atoms. The Morgan fingerprint density at radius 1 is 1.31 bits per heavy atom. The van der Waals surface area contributed by atoms with E-state index in [9.17, 15) is 9.59 Å². The molecular formula is C10H8O3. The number of hydrogen-bond acceptors (Lipinski definition) is 2. The zero-order chi connectivity index (χ0) is 9.84. The molecule has 0 saturated heterocycles. The van der Waals surface area contributed by atoms with Crippen LogP contribution in [0.15, 0.2) is 41.7 Å². The van der Waals surface area contributed by atoms with Gasteiger partial charge in [-0.15, -0.1) is 0 Å². The van der Waals surface area contributed by atoms with E-state index in [0.29, 0.717) is 0 Å². The van der Waals surface area contributed by atoms with Crippen LogP contribution < -0.4 is 5.43 Å². The highest BCUT2D eigenvalue weighted by Gasteiger charge is 2.07. The van der Waals surface area contributed by atoms with Gasteiger partial charge in [0.15, 0.2) is 5.43 Å². The van der Waals surface area contributed by atoms with Crippen molar-refractivity contribution in [3.8, 4) is 0 Å². The summed E-state index contributed by atoms with van der Waals surface area (Å²) in [6, 6.07) is 7.45. The first-order chi connectivity index (χ1) is 6.16. The number of benzene rings is 1. The van der Waals surface area contributed by atoms with Gasteiger partial charge >= 0.3 is 5.97 Å². The van der Waals surface area contributed by atoms with Crippen molar-refractivity contribution in [3.05, 3.63) is 47.1 Å². The largest absolute Gasteiger partial charge is 0.478 e. The molecule has 0 saturated carbocycles. The molecule has 0 spiro atoms. The average molecular weight is 176 g/mol. The lowest BCUT2D eigenvalue weighted by molar-refractivity contribution is -0.131. The molecule has 0 amide bonds. The molecule has 0 unspecified atom stereocenters. The zero-order valence-electron chi connectivity index (χ0n) is 6.86. The summed E-state index contributed by atoms with van der Waals surface area (Å²) >= 11 is 0. The molecule has 1 N–H and O–H groups in total. The predicted octanol–water partition coefficient (Wildman–Crippen LogP) is 1.33. The van der Waals surface area contributed by atoms with Crippen molar-refractivity contribution in [1.82, 2.24) is 0 Å². The minimum absolute atomic E-state index is 0.218. The van der Waals surface area contributed by atoms with Gasteiger partial charge in [0.05, 0.1) is 0 Å². The standard InChI is InChI=1S/C7H4O.C3H4O2/c8-7-5-3-1-2-4-6(5)7;1-2-3(4)5/h1-4H;2H,1H2,(H,4,5). The normalized spacial score (nSPS) is 9.23. The molecule has 0 aliphatic rings. The molecule has 2 aromatic rings. The van der Waals surface area contributed by atoms with Gasteiger partial charge in [-0.25, -0.2) is 4.79 Å². The van der Waals surface area contributed by atoms with Crippen molar-refractivity contribution in [2.24, 2.45) is 0 Å². The molecular weight excluding hydrogens is 168 g/mol. The molecule has 2 rings (SSSR count). The molecule has 0 fully saturated rings. The van der Waals surface area contributed by atoms with E-state index in [1.54, 1.807) is 0 Å². The van der Waals surface area contributed by atoms with Crippen LogP contribution >= 0.6 is 0 Å². The maximum atomic E-state index is 10.5. The first kappa shape index (κ1) is 9.19. The van der Waals surface area contributed by atoms with Crippen LogP contribution in [-0.2, 0) is 4.79 Å². The van der Waals surface area contributed by atoms with E-state index in [1.165, 1.54) is 0 Å². The fraction of sp³-hybridized carbons (Fsp3) is 0. The van der Waals surface area contributed by atoms with Gasteiger partial charge in [-0.05, 0) is 0 Å². The SMILES string of the molecule is C=CC(=O)O.O=c1c2ccccc12. The summed E-state index contributed by atoms with van der Waals surface area (Å²) in [6.45, 7) is 2.96. The third-order valence-corrected chi connectivity index (χ3v) is 1.53. The van der Waals surface area contributed by atoms with E-state index < -0.39 is 5.97 Å². The summed E-state index contributed by atoms with van der Waals surface area (Å²) < 4.78 is 0. The van der Waals surface area contributed by atoms with E-state index in [2.05, 4.69) is 6.58 Å². The van der Waals surface area contributed by atoms with Crippen molar-refractivity contribution in [1.29, 1.82) is 0 Å². The molecule has 0 aliphatic heterocycles. The quantitative estimate of drug-likeness (QED) is 0.667. The fourth-order valence-electron chi connectivity index (χ4n) is 0.833. The Balaban J connectivity index is 0.000000149. The fourth-order valence-corrected chi connectivity index (χ4v) is 0.833. The molecule has 3 heteroatoms. The van der Waals surface area contributed by atoms with E-state index >= 15 is 0 Å². The third kappa shape index (κ3) is 2.27. The first-order valence-corrected chi connectivity index (χ1v) is 3.66. The number of carboxylic acid groups (broad SMARTS) is 1. The summed E-state index contributed by atoms with van der Waals surface area (Å²) in [6.07, 6.45) is 0.833. The number of rotatable bonds is 1. The molecule has 2 aromatic carbocycles. The van der Waals surface area contributed by atoms with E-state index in [1.807, 2.05) is 24.3 Å². The van der Waals surface area contributed by atoms with Gasteiger partial charge < -0.3 is 5.11 Å². The van der Waals surface area contributed by atoms with Gasteiger partial charge in [0.1, 0.15) is 0 Å². The van der Waals surface area contributed by atoms with Gasteiger partial charge in [-0.3, -0.25) is 4.79 Å². The van der Waals surface area contributed by atoms with Crippen molar-refractivity contribution in [2.75, 3.05) is 0 Å². The van der Waals surface area contributed by atoms with Crippen molar-refractivity contribution in [3.63, 3.8) is 0 Å². The Morgan fingerprint density at radius 3 is 1.92 bits per heavy atom. The molecule has 3 nitrogen and oxygen atoms in total. The minimum atomic E-state index is -0.981. The van der Waals surface area contributed by atoms with Crippen LogP contribution in [0.5, 0.6) is 0 Å². The Hall–Kier alpha value is -1.90. The Bertz CT molecular complexity index is 416. The van der Waals surface area contributed by atoms with Gasteiger partial charge in [0.2, 0.25) is 0 Å². The highest BCUT2D eigenvalue weighted by Crippen LogP contribution is 2.11. The van der Waals surface area contributed by atoms with E-state index in [4.69, 9.17) is 5.11 Å². The summed E-state index contributed by atoms with van der Waals surface area (Å²) in [5.74, 6) is -0.981. The van der Waals surface area contributed by atoms with Gasteiger partial charge in [0.25, 0.3) is 0 Å². The smallest absolute Gasteiger partial charge is 0.327 e. The molecule has 0 radical (unpaired) electrons. The second kappa shape index (κ2) is 3.67. The highest BCUT2D eigenvalue weighted by atomic mass is 16.4. The highest BCUT2D eigenvalue weighted by molar-refractivity contribution is 5.96. The number of carboxylic acids is 1. The van der Waals surface area contributed by atoms with Crippen molar-refractivity contribution < 1.29 is 9.90 Å². The van der Waals surface area contributed by atoms with Crippen LogP contribution in [0.2, 0.25) is 0 Å². The number of hydrogen-bond donors (Lipinski definition) is 1. The topological polar surface area (TPSA) is 54.4 Å². The van der Waals surface area contributed by atoms with Crippen LogP contribution in [0.25, 0.3) is 10.8 Å². The Morgan fingerprint density at radius 2 is 1.69 bits per heavy atom. The van der Waals surface area contributed by atoms with Crippen LogP contribution in [0.1, 0.15) is 0 Å². The Kier molecular flexibility index (Phi) is 2.59. The molecule has 0 aromatic heterocycles. The second-order valence-corrected chi connectivity index (χ2v) is 2.42. The first-order valence-electron chi connectivity index (χ1n) is 3.66. The van der Waals surface area contributed by atoms with Crippen molar-refractivity contribution in [2.45, 2.75) is 0 Å². The maximum absolute atomic E-state index is 10.5. The molecule has 0 bridgehead atoms. The number of aliphatic carboxylic acids is 1. The lowest BCUT2D eigenvalue weighted by Gasteiger charge is -1.66. The maximum Gasteiger partial charge on any atom is 0.327 e. The predicted molar refractivity (Wildman–Crippen MR) is 50.4 cm³/mol. The summed E-state index contributed by atoms with van der Waals surface area (Å²) in [5.41, 5.74) is 0.218. The molecule has 0 atom stereocenters. The monoisotopic (exact) mass is 176 g/mol. The summed E-state index contributed by atoms with van der Waals surface area (Å²) in [7, 11) is 0. The van der Waals surface area contributed by atoms with Crippen LogP contribution in [0.3, 0.4) is 0 Å². The Labute approximate surface area is 74.6 Å². The van der Waals surface area contributed by atoms with Gasteiger partial charge in [-0.2, -0.15) is 0 Å². The lowest BCUT2D eigenvalue weighted by atomic mass is 10.4. The van der Waals surface area contributed by atoms with E-state index in [0.717, 1.165) is 16.8 Å². The van der Waals surface area contributed by atoms with E-state index in [-0.39, 0.29) is 5.43 Å². The van der Waals surface area contributed by atoms with Gasteiger partial charge in [0, 0.05) is 16.8 Å². The molecule has 66 valence electrons. The second-order valence-electron chi connectivity index (χ2n) is 2.42. The minimum Gasteiger partial charge on any atom is -0.478 e. The number of carbonyl (C=O) groups is 1. The zero-order valence-corrected chi connectivity index (χ0v) is 6.86. The van der Waals surface area contributed by atoms with Crippen molar-refractivity contribution >= 4 is 16.7 Å². The third-order valence-electron chi connectivity index (χ3n) is 1.53. The molecule has 0 aliphatic carbocycles. The van der Waals surface area contributed by atoms with Gasteiger partial charge in [-0.1, -0.05) is 30.8 Å². The lowest BCUT2D eigenvalue weighted by Crippen LogP contribution is -1.82. The van der Waals surface area contributed by atoms with Crippen LogP contribution in [0, 0.1) is 0 Å². The van der Waals surface area contributed by atoms with Crippen LogP contribution in [-0.4, -0.2) is 11.1 Å². The summed E-state index contributed by atoms with van der Waals surface area (Å²) in [4.78, 5) is 19.8. The molecule has 0 heterocycles. The van der Waals surface area contributed by atoms with Crippen LogP contribution in [0.4, 0.5) is 0 Å². The number of fused-ring (bicyclic) bond motifs is 1. The average Bonchev–Trinajstić information content (AvgIpc) is 2.80.